The Balaban J connectivity index is 0.788. The topological polar surface area (TPSA) is 58.2 Å². The molecule has 196 valence electrons. The first-order chi connectivity index (χ1) is 17.0. The Bertz CT molecular complexity index is 654. The Morgan fingerprint density at radius 2 is 0.714 bits per heavy atom. The molecule has 2 N–H and O–H groups in total. The highest BCUT2D eigenvalue weighted by Gasteiger charge is 2.55. The smallest absolute Gasteiger partial charge is 0.226 e. The van der Waals surface area contributed by atoms with E-state index in [0.29, 0.717) is 11.8 Å². The molecule has 0 aliphatic heterocycles. The summed E-state index contributed by atoms with van der Waals surface area (Å²) in [6.07, 6.45) is 24.0. The first-order valence-corrected chi connectivity index (χ1v) is 15.6. The van der Waals surface area contributed by atoms with Crippen LogP contribution in [0.25, 0.3) is 0 Å². The monoisotopic (exact) mass is 482 g/mol. The van der Waals surface area contributed by atoms with Crippen LogP contribution in [-0.4, -0.2) is 24.9 Å². The average Bonchev–Trinajstić information content (AvgIpc) is 2.80. The molecule has 0 aromatic carbocycles. The van der Waals surface area contributed by atoms with Gasteiger partial charge in [-0.2, -0.15) is 0 Å². The van der Waals surface area contributed by atoms with Gasteiger partial charge in [0.1, 0.15) is 0 Å². The van der Waals surface area contributed by atoms with Crippen molar-refractivity contribution in [1.82, 2.24) is 10.6 Å². The third-order valence-electron chi connectivity index (χ3n) is 11.5. The fourth-order valence-electron chi connectivity index (χ4n) is 10.7. The van der Waals surface area contributed by atoms with Crippen molar-refractivity contribution in [3.05, 3.63) is 0 Å². The first-order valence-electron chi connectivity index (χ1n) is 15.6. The Hall–Kier alpha value is -1.06. The maximum Gasteiger partial charge on any atom is 0.226 e. The van der Waals surface area contributed by atoms with Gasteiger partial charge < -0.3 is 10.6 Å². The van der Waals surface area contributed by atoms with Crippen LogP contribution < -0.4 is 10.6 Å². The molecule has 0 spiro atoms. The van der Waals surface area contributed by atoms with Crippen molar-refractivity contribution >= 4 is 11.8 Å². The van der Waals surface area contributed by atoms with Crippen LogP contribution in [0.4, 0.5) is 0 Å². The summed E-state index contributed by atoms with van der Waals surface area (Å²) in [5.41, 5.74) is 0.0275. The zero-order valence-corrected chi connectivity index (χ0v) is 22.1. The normalized spacial score (nSPS) is 42.4. The van der Waals surface area contributed by atoms with E-state index in [2.05, 4.69) is 10.6 Å². The molecule has 8 saturated carbocycles. The predicted molar refractivity (Wildman–Crippen MR) is 140 cm³/mol. The van der Waals surface area contributed by atoms with Crippen LogP contribution in [0.15, 0.2) is 0 Å². The van der Waals surface area contributed by atoms with Crippen molar-refractivity contribution in [1.29, 1.82) is 0 Å². The van der Waals surface area contributed by atoms with Crippen LogP contribution in [0, 0.1) is 46.3 Å². The second-order valence-corrected chi connectivity index (χ2v) is 14.4. The number of amides is 2. The zero-order chi connectivity index (χ0) is 23.9. The van der Waals surface area contributed by atoms with Gasteiger partial charge in [-0.05, 0) is 125 Å². The van der Waals surface area contributed by atoms with Gasteiger partial charge in [0.05, 0.1) is 0 Å². The summed E-state index contributed by atoms with van der Waals surface area (Å²) in [5.74, 6) is 5.86. The van der Waals surface area contributed by atoms with E-state index in [-0.39, 0.29) is 10.8 Å². The summed E-state index contributed by atoms with van der Waals surface area (Å²) in [5, 5.41) is 6.67. The molecular formula is C31H50N2O2. The highest BCUT2D eigenvalue weighted by molar-refractivity contribution is 5.83. The minimum Gasteiger partial charge on any atom is -0.356 e. The number of carbonyl (C=O) groups excluding carboxylic acids is 2. The van der Waals surface area contributed by atoms with Gasteiger partial charge in [-0.1, -0.05) is 32.1 Å². The van der Waals surface area contributed by atoms with Crippen LogP contribution >= 0.6 is 0 Å². The summed E-state index contributed by atoms with van der Waals surface area (Å²) in [6, 6.07) is 0. The lowest BCUT2D eigenvalue weighted by atomic mass is 9.49. The van der Waals surface area contributed by atoms with E-state index in [0.717, 1.165) is 61.4 Å². The fraction of sp³-hybridized carbons (Fsp3) is 0.935. The predicted octanol–water partition coefficient (Wildman–Crippen LogP) is 6.38. The Morgan fingerprint density at radius 1 is 0.457 bits per heavy atom. The molecule has 0 aromatic heterocycles. The average molecular weight is 483 g/mol. The lowest BCUT2D eigenvalue weighted by Gasteiger charge is -2.55. The molecular weight excluding hydrogens is 432 g/mol. The molecule has 0 aromatic rings. The fourth-order valence-corrected chi connectivity index (χ4v) is 10.7. The van der Waals surface area contributed by atoms with Gasteiger partial charge in [-0.15, -0.1) is 0 Å². The largest absolute Gasteiger partial charge is 0.356 e. The molecule has 4 heteroatoms. The van der Waals surface area contributed by atoms with E-state index < -0.39 is 0 Å². The van der Waals surface area contributed by atoms with Crippen molar-refractivity contribution in [2.75, 3.05) is 13.1 Å². The Kier molecular flexibility index (Phi) is 6.95. The minimum absolute atomic E-state index is 0.0137. The van der Waals surface area contributed by atoms with E-state index in [9.17, 15) is 9.59 Å². The first kappa shape index (κ1) is 24.3. The zero-order valence-electron chi connectivity index (χ0n) is 22.1. The lowest BCUT2D eigenvalue weighted by Crippen LogP contribution is -2.53. The number of hydrogen-bond donors (Lipinski definition) is 2. The summed E-state index contributed by atoms with van der Waals surface area (Å²) in [7, 11) is 0. The molecule has 2 amide bonds. The molecule has 4 nitrogen and oxygen atoms in total. The number of hydrogen-bond acceptors (Lipinski definition) is 2. The highest BCUT2D eigenvalue weighted by Crippen LogP contribution is 2.61. The van der Waals surface area contributed by atoms with Gasteiger partial charge in [0.25, 0.3) is 0 Å². The molecule has 0 radical (unpaired) electrons. The molecule has 0 heterocycles. The van der Waals surface area contributed by atoms with E-state index >= 15 is 0 Å². The molecule has 8 rings (SSSR count). The van der Waals surface area contributed by atoms with Crippen LogP contribution in [0.3, 0.4) is 0 Å². The van der Waals surface area contributed by atoms with E-state index in [4.69, 9.17) is 0 Å². The molecule has 0 saturated heterocycles. The lowest BCUT2D eigenvalue weighted by molar-refractivity contribution is -0.146. The second kappa shape index (κ2) is 10.0. The molecule has 0 atom stereocenters. The third kappa shape index (κ3) is 5.06. The van der Waals surface area contributed by atoms with Crippen LogP contribution in [0.5, 0.6) is 0 Å². The molecule has 0 unspecified atom stereocenters. The van der Waals surface area contributed by atoms with E-state index in [1.165, 1.54) is 109 Å². The summed E-state index contributed by atoms with van der Waals surface area (Å²) in [4.78, 5) is 26.0. The maximum atomic E-state index is 13.0. The van der Waals surface area contributed by atoms with Crippen LogP contribution in [-0.2, 0) is 9.59 Å². The van der Waals surface area contributed by atoms with Gasteiger partial charge in [0, 0.05) is 23.9 Å². The van der Waals surface area contributed by atoms with Crippen molar-refractivity contribution < 1.29 is 9.59 Å². The summed E-state index contributed by atoms with van der Waals surface area (Å²) >= 11 is 0. The quantitative estimate of drug-likeness (QED) is 0.317. The van der Waals surface area contributed by atoms with E-state index in [1.54, 1.807) is 0 Å². The molecule has 8 bridgehead atoms. The number of unbranched alkanes of at least 4 members (excludes halogenated alkanes) is 6. The number of carbonyl (C=O) groups is 2. The van der Waals surface area contributed by atoms with Crippen molar-refractivity contribution in [3.63, 3.8) is 0 Å². The standard InChI is InChI=1S/C31H50N2O2/c34-28(30-16-22-10-23(17-30)12-24(11-22)18-30)32-8-6-4-2-1-3-5-7-9-33-29(35)31-19-25-13-26(20-31)15-27(14-25)21-31/h22-27H,1-21H2,(H,32,34)(H,33,35). The van der Waals surface area contributed by atoms with Gasteiger partial charge in [-0.3, -0.25) is 9.59 Å². The summed E-state index contributed by atoms with van der Waals surface area (Å²) in [6.45, 7) is 1.74. The van der Waals surface area contributed by atoms with Gasteiger partial charge in [0.2, 0.25) is 11.8 Å². The molecule has 8 fully saturated rings. The maximum absolute atomic E-state index is 13.0. The van der Waals surface area contributed by atoms with Gasteiger partial charge in [0.15, 0.2) is 0 Å². The number of nitrogens with one attached hydrogen (secondary N) is 2. The molecule has 8 aliphatic rings. The number of rotatable bonds is 12. The second-order valence-electron chi connectivity index (χ2n) is 14.4. The molecule has 35 heavy (non-hydrogen) atoms. The van der Waals surface area contributed by atoms with E-state index in [1.807, 2.05) is 0 Å². The molecule has 8 aliphatic carbocycles. The Morgan fingerprint density at radius 3 is 1.00 bits per heavy atom. The van der Waals surface area contributed by atoms with Gasteiger partial charge in [-0.25, -0.2) is 0 Å². The minimum atomic E-state index is 0.0137. The van der Waals surface area contributed by atoms with Crippen LogP contribution in [0.2, 0.25) is 0 Å². The Labute approximate surface area is 213 Å². The van der Waals surface area contributed by atoms with Crippen molar-refractivity contribution in [2.24, 2.45) is 46.3 Å². The highest BCUT2D eigenvalue weighted by atomic mass is 16.2. The van der Waals surface area contributed by atoms with Crippen LogP contribution in [0.1, 0.15) is 122 Å². The van der Waals surface area contributed by atoms with Crippen molar-refractivity contribution in [3.8, 4) is 0 Å². The van der Waals surface area contributed by atoms with Crippen molar-refractivity contribution in [2.45, 2.75) is 122 Å². The summed E-state index contributed by atoms with van der Waals surface area (Å²) < 4.78 is 0. The SMILES string of the molecule is O=C(NCCCCCCCCCNC(=O)C12CC3CC(CC(C3)C1)C2)C12CC3CC(CC(C3)C1)C2. The third-order valence-corrected chi connectivity index (χ3v) is 11.5. The van der Waals surface area contributed by atoms with Gasteiger partial charge >= 0.3 is 0 Å².